The summed E-state index contributed by atoms with van der Waals surface area (Å²) in [5, 5.41) is 0. The molecule has 0 saturated heterocycles. The van der Waals surface area contributed by atoms with Gasteiger partial charge >= 0.3 is 11.9 Å². The maximum atomic E-state index is 13.7. The number of hydrogen-bond acceptors (Lipinski definition) is 8. The van der Waals surface area contributed by atoms with Crippen molar-refractivity contribution in [1.29, 1.82) is 0 Å². The minimum Gasteiger partial charge on any atom is -0.457 e. The summed E-state index contributed by atoms with van der Waals surface area (Å²) in [7, 11) is 0. The highest BCUT2D eigenvalue weighted by molar-refractivity contribution is 6.03. The van der Waals surface area contributed by atoms with Gasteiger partial charge in [-0.1, -0.05) is 322 Å². The molecular weight excluding hydrogens is 945 g/mol. The van der Waals surface area contributed by atoms with E-state index in [2.05, 4.69) is 27.7 Å². The summed E-state index contributed by atoms with van der Waals surface area (Å²) in [5.41, 5.74) is 0.332. The fraction of sp³-hybridized carbons (Fsp3) is 0.882. The van der Waals surface area contributed by atoms with Gasteiger partial charge < -0.3 is 28.4 Å². The van der Waals surface area contributed by atoms with E-state index in [1.54, 1.807) is 24.3 Å². The molecule has 0 radical (unpaired) electrons. The fourth-order valence-electron chi connectivity index (χ4n) is 10.2. The van der Waals surface area contributed by atoms with Crippen LogP contribution >= 0.6 is 0 Å². The standard InChI is InChI=1S/C68H126O8/c1-5-9-13-17-21-25-29-33-37-41-45-51-57-71-65(72-58-52-46-42-38-34-30-26-22-18-14-10-6-2)61-75-67(69)63-55-49-50-56-64(63)68(70)76-62-66(73-59-53-47-43-39-35-31-27-23-19-15-11-7-3)74-60-54-48-44-40-36-32-28-24-20-16-12-8-4/h49-50,55-56,65-66H,5-48,51-54,57-62H2,1-4H3. The van der Waals surface area contributed by atoms with Crippen molar-refractivity contribution >= 4 is 11.9 Å². The molecule has 8 heteroatoms. The zero-order valence-corrected chi connectivity index (χ0v) is 50.9. The third-order valence-electron chi connectivity index (χ3n) is 15.3. The van der Waals surface area contributed by atoms with Crippen LogP contribution in [0.3, 0.4) is 0 Å². The molecule has 1 aromatic rings. The van der Waals surface area contributed by atoms with Crippen molar-refractivity contribution < 1.29 is 38.0 Å². The molecule has 0 aliphatic heterocycles. The molecule has 1 rings (SSSR count). The Morgan fingerprint density at radius 1 is 0.276 bits per heavy atom. The molecule has 0 spiro atoms. The van der Waals surface area contributed by atoms with Crippen LogP contribution in [0, 0.1) is 0 Å². The lowest BCUT2D eigenvalue weighted by molar-refractivity contribution is -0.165. The topological polar surface area (TPSA) is 89.5 Å². The predicted octanol–water partition coefficient (Wildman–Crippen LogP) is 21.5. The van der Waals surface area contributed by atoms with Gasteiger partial charge in [0.2, 0.25) is 0 Å². The molecule has 1 aromatic carbocycles. The first kappa shape index (κ1) is 72.0. The molecule has 0 bridgehead atoms. The molecule has 446 valence electrons. The van der Waals surface area contributed by atoms with E-state index in [-0.39, 0.29) is 24.3 Å². The molecule has 0 fully saturated rings. The van der Waals surface area contributed by atoms with E-state index in [0.29, 0.717) is 26.4 Å². The summed E-state index contributed by atoms with van der Waals surface area (Å²) in [4.78, 5) is 27.4. The van der Waals surface area contributed by atoms with E-state index in [0.717, 1.165) is 51.4 Å². The smallest absolute Gasteiger partial charge is 0.339 e. The van der Waals surface area contributed by atoms with E-state index >= 15 is 0 Å². The zero-order valence-electron chi connectivity index (χ0n) is 50.9. The lowest BCUT2D eigenvalue weighted by atomic mass is 10.1. The molecule has 0 amide bonds. The van der Waals surface area contributed by atoms with Crippen LogP contribution in [0.25, 0.3) is 0 Å². The number of unbranched alkanes of at least 4 members (excludes halogenated alkanes) is 44. The average molecular weight is 1070 g/mol. The number of benzene rings is 1. The van der Waals surface area contributed by atoms with Gasteiger partial charge in [0, 0.05) is 26.4 Å². The molecule has 0 N–H and O–H groups in total. The minimum atomic E-state index is -0.659. The Labute approximate surface area is 471 Å². The highest BCUT2D eigenvalue weighted by atomic mass is 16.7. The Hall–Kier alpha value is -2.00. The van der Waals surface area contributed by atoms with Gasteiger partial charge in [-0.05, 0) is 37.8 Å². The highest BCUT2D eigenvalue weighted by Crippen LogP contribution is 2.19. The lowest BCUT2D eigenvalue weighted by Gasteiger charge is -2.20. The molecule has 0 aliphatic carbocycles. The van der Waals surface area contributed by atoms with Crippen LogP contribution in [0.1, 0.15) is 357 Å². The Balaban J connectivity index is 2.71. The van der Waals surface area contributed by atoms with Crippen molar-refractivity contribution in [3.05, 3.63) is 35.4 Å². The second kappa shape index (κ2) is 59.1. The number of esters is 2. The first-order valence-corrected chi connectivity index (χ1v) is 33.5. The molecule has 0 aromatic heterocycles. The van der Waals surface area contributed by atoms with Crippen LogP contribution in [0.15, 0.2) is 24.3 Å². The van der Waals surface area contributed by atoms with Crippen LogP contribution in [0.4, 0.5) is 0 Å². The average Bonchev–Trinajstić information content (AvgIpc) is 3.43. The second-order valence-corrected chi connectivity index (χ2v) is 22.6. The Bertz CT molecular complexity index is 1180. The number of hydrogen-bond donors (Lipinski definition) is 0. The van der Waals surface area contributed by atoms with E-state index in [9.17, 15) is 9.59 Å². The number of ether oxygens (including phenoxy) is 6. The van der Waals surface area contributed by atoms with Gasteiger partial charge in [0.25, 0.3) is 0 Å². The van der Waals surface area contributed by atoms with Crippen molar-refractivity contribution in [1.82, 2.24) is 0 Å². The quantitative estimate of drug-likeness (QED) is 0.0362. The van der Waals surface area contributed by atoms with Gasteiger partial charge in [-0.15, -0.1) is 0 Å². The number of rotatable bonds is 62. The first-order valence-electron chi connectivity index (χ1n) is 33.5. The summed E-state index contributed by atoms with van der Waals surface area (Å²) >= 11 is 0. The van der Waals surface area contributed by atoms with E-state index in [1.165, 1.54) is 257 Å². The summed E-state index contributed by atoms with van der Waals surface area (Å²) in [5.74, 6) is -1.19. The molecule has 0 heterocycles. The minimum absolute atomic E-state index is 0.0409. The van der Waals surface area contributed by atoms with Gasteiger partial charge in [0.15, 0.2) is 12.6 Å². The third-order valence-corrected chi connectivity index (χ3v) is 15.3. The Kier molecular flexibility index (Phi) is 56.0. The maximum absolute atomic E-state index is 13.7. The number of carbonyl (C=O) groups is 2. The van der Waals surface area contributed by atoms with Crippen LogP contribution in [-0.4, -0.2) is 64.2 Å². The zero-order chi connectivity index (χ0) is 54.7. The number of carbonyl (C=O) groups excluding carboxylic acids is 2. The first-order chi connectivity index (χ1) is 37.6. The van der Waals surface area contributed by atoms with Crippen LogP contribution in [0.5, 0.6) is 0 Å². The maximum Gasteiger partial charge on any atom is 0.339 e. The lowest BCUT2D eigenvalue weighted by Crippen LogP contribution is -2.28. The molecule has 0 aliphatic rings. The third kappa shape index (κ3) is 48.0. The summed E-state index contributed by atoms with van der Waals surface area (Å²) in [6.45, 7) is 11.3. The molecule has 0 unspecified atom stereocenters. The van der Waals surface area contributed by atoms with E-state index in [1.807, 2.05) is 0 Å². The summed E-state index contributed by atoms with van der Waals surface area (Å²) in [6.07, 6.45) is 60.2. The van der Waals surface area contributed by atoms with Crippen molar-refractivity contribution in [2.45, 2.75) is 348 Å². The largest absolute Gasteiger partial charge is 0.457 e. The SMILES string of the molecule is CCCCCCCCCCCCCCOC(COC(=O)c1ccccc1C(=O)OCC(OCCCCCCCCCCCCCC)OCCCCCCCCCCCCCC)OCCCCCCCCCCCCCC. The molecule has 8 nitrogen and oxygen atoms in total. The van der Waals surface area contributed by atoms with E-state index in [4.69, 9.17) is 28.4 Å². The van der Waals surface area contributed by atoms with Crippen molar-refractivity contribution in [3.63, 3.8) is 0 Å². The molecule has 0 atom stereocenters. The van der Waals surface area contributed by atoms with Crippen molar-refractivity contribution in [3.8, 4) is 0 Å². The van der Waals surface area contributed by atoms with Gasteiger partial charge in [0.1, 0.15) is 13.2 Å². The predicted molar refractivity (Wildman–Crippen MR) is 323 cm³/mol. The van der Waals surface area contributed by atoms with Gasteiger partial charge in [-0.3, -0.25) is 0 Å². The van der Waals surface area contributed by atoms with Crippen LogP contribution in [0.2, 0.25) is 0 Å². The molecular formula is C68H126O8. The fourth-order valence-corrected chi connectivity index (χ4v) is 10.2. The monoisotopic (exact) mass is 1070 g/mol. The Morgan fingerprint density at radius 3 is 0.632 bits per heavy atom. The van der Waals surface area contributed by atoms with Gasteiger partial charge in [0.05, 0.1) is 11.1 Å². The summed E-state index contributed by atoms with van der Waals surface area (Å²) < 4.78 is 36.6. The van der Waals surface area contributed by atoms with Gasteiger partial charge in [-0.2, -0.15) is 0 Å². The van der Waals surface area contributed by atoms with Crippen molar-refractivity contribution in [2.24, 2.45) is 0 Å². The summed E-state index contributed by atoms with van der Waals surface area (Å²) in [6, 6.07) is 6.75. The van der Waals surface area contributed by atoms with Crippen molar-refractivity contribution in [2.75, 3.05) is 39.6 Å². The molecule has 0 saturated carbocycles. The second-order valence-electron chi connectivity index (χ2n) is 22.6. The highest BCUT2D eigenvalue weighted by Gasteiger charge is 2.23. The van der Waals surface area contributed by atoms with Crippen LogP contribution in [-0.2, 0) is 28.4 Å². The molecule has 76 heavy (non-hydrogen) atoms. The van der Waals surface area contributed by atoms with Gasteiger partial charge in [-0.25, -0.2) is 9.59 Å². The normalized spacial score (nSPS) is 11.7. The van der Waals surface area contributed by atoms with Crippen LogP contribution < -0.4 is 0 Å². The Morgan fingerprint density at radius 2 is 0.447 bits per heavy atom. The van der Waals surface area contributed by atoms with E-state index < -0.39 is 24.5 Å².